The molecule has 0 spiro atoms. The number of amides is 2. The highest BCUT2D eigenvalue weighted by Crippen LogP contribution is 2.24. The molecule has 0 radical (unpaired) electrons. The molecule has 2 fully saturated rings. The third-order valence-electron chi connectivity index (χ3n) is 5.97. The fraction of sp³-hybridized carbons (Fsp3) is 0.417. The standard InChI is InChI=1S/C24H28N2O3/c27-23-18-29-17-22(26(23)16-21-9-5-2-6-10-21)24(28)25-13-11-20(12-14-25)15-19-7-3-1-4-8-19/h1-10,20,22H,11-18H2/t22-/m1/s1. The number of morpholine rings is 1. The summed E-state index contributed by atoms with van der Waals surface area (Å²) in [5, 5.41) is 0. The summed E-state index contributed by atoms with van der Waals surface area (Å²) in [6, 6.07) is 19.8. The molecule has 29 heavy (non-hydrogen) atoms. The molecule has 0 N–H and O–H groups in total. The minimum Gasteiger partial charge on any atom is -0.369 e. The molecule has 0 aliphatic carbocycles. The molecule has 2 aromatic carbocycles. The number of benzene rings is 2. The zero-order valence-electron chi connectivity index (χ0n) is 16.7. The average Bonchev–Trinajstić information content (AvgIpc) is 2.77. The lowest BCUT2D eigenvalue weighted by atomic mass is 9.90. The molecule has 0 bridgehead atoms. The van der Waals surface area contributed by atoms with Crippen molar-refractivity contribution in [3.63, 3.8) is 0 Å². The van der Waals surface area contributed by atoms with E-state index < -0.39 is 6.04 Å². The van der Waals surface area contributed by atoms with E-state index in [0.29, 0.717) is 12.5 Å². The number of piperidine rings is 1. The van der Waals surface area contributed by atoms with E-state index in [-0.39, 0.29) is 25.0 Å². The molecule has 2 heterocycles. The van der Waals surface area contributed by atoms with Crippen LogP contribution in [0, 0.1) is 5.92 Å². The minimum atomic E-state index is -0.526. The van der Waals surface area contributed by atoms with Crippen molar-refractivity contribution in [2.45, 2.75) is 31.8 Å². The predicted octanol–water partition coefficient (Wildman–Crippen LogP) is 2.90. The number of nitrogens with zero attached hydrogens (tertiary/aromatic N) is 2. The number of hydrogen-bond acceptors (Lipinski definition) is 3. The third-order valence-corrected chi connectivity index (χ3v) is 5.97. The van der Waals surface area contributed by atoms with Gasteiger partial charge in [0.15, 0.2) is 0 Å². The second-order valence-corrected chi connectivity index (χ2v) is 8.00. The molecule has 0 unspecified atom stereocenters. The Kier molecular flexibility index (Phi) is 6.25. The first-order chi connectivity index (χ1) is 14.2. The van der Waals surface area contributed by atoms with Crippen LogP contribution < -0.4 is 0 Å². The van der Waals surface area contributed by atoms with Crippen molar-refractivity contribution in [3.05, 3.63) is 71.8 Å². The van der Waals surface area contributed by atoms with Crippen molar-refractivity contribution in [2.24, 2.45) is 5.92 Å². The minimum absolute atomic E-state index is 0.0205. The molecule has 0 saturated carbocycles. The monoisotopic (exact) mass is 392 g/mol. The molecule has 152 valence electrons. The van der Waals surface area contributed by atoms with Crippen molar-refractivity contribution in [2.75, 3.05) is 26.3 Å². The Hall–Kier alpha value is -2.66. The normalized spacial score (nSPS) is 20.7. The first kappa shape index (κ1) is 19.6. The topological polar surface area (TPSA) is 49.9 Å². The molecule has 2 aromatic rings. The lowest BCUT2D eigenvalue weighted by Gasteiger charge is -2.39. The maximum atomic E-state index is 13.2. The molecule has 2 aliphatic heterocycles. The molecule has 5 heteroatoms. The number of hydrogen-bond donors (Lipinski definition) is 0. The van der Waals surface area contributed by atoms with Gasteiger partial charge in [-0.1, -0.05) is 60.7 Å². The fourth-order valence-corrected chi connectivity index (χ4v) is 4.30. The van der Waals surface area contributed by atoms with Crippen LogP contribution in [-0.4, -0.2) is 54.0 Å². The summed E-state index contributed by atoms with van der Waals surface area (Å²) in [5.74, 6) is 0.510. The third kappa shape index (κ3) is 4.85. The summed E-state index contributed by atoms with van der Waals surface area (Å²) in [6.45, 7) is 2.28. The van der Waals surface area contributed by atoms with Crippen molar-refractivity contribution >= 4 is 11.8 Å². The van der Waals surface area contributed by atoms with E-state index in [4.69, 9.17) is 4.74 Å². The average molecular weight is 392 g/mol. The molecule has 2 aliphatic rings. The van der Waals surface area contributed by atoms with E-state index in [0.717, 1.165) is 37.9 Å². The van der Waals surface area contributed by atoms with Gasteiger partial charge in [0.05, 0.1) is 6.61 Å². The maximum Gasteiger partial charge on any atom is 0.249 e. The van der Waals surface area contributed by atoms with Crippen LogP contribution in [0.15, 0.2) is 60.7 Å². The van der Waals surface area contributed by atoms with E-state index in [1.807, 2.05) is 41.3 Å². The smallest absolute Gasteiger partial charge is 0.249 e. The SMILES string of the molecule is O=C([C@H]1COCC(=O)N1Cc1ccccc1)N1CCC(Cc2ccccc2)CC1. The summed E-state index contributed by atoms with van der Waals surface area (Å²) in [5.41, 5.74) is 2.39. The van der Waals surface area contributed by atoms with Crippen molar-refractivity contribution in [1.29, 1.82) is 0 Å². The summed E-state index contributed by atoms with van der Waals surface area (Å²) in [7, 11) is 0. The molecule has 2 amide bonds. The molecule has 1 atom stereocenters. The van der Waals surface area contributed by atoms with Crippen LogP contribution in [0.4, 0.5) is 0 Å². The summed E-state index contributed by atoms with van der Waals surface area (Å²) in [6.07, 6.45) is 3.07. The van der Waals surface area contributed by atoms with E-state index in [9.17, 15) is 9.59 Å². The van der Waals surface area contributed by atoms with E-state index in [1.165, 1.54) is 5.56 Å². The van der Waals surface area contributed by atoms with Crippen molar-refractivity contribution < 1.29 is 14.3 Å². The lowest BCUT2D eigenvalue weighted by Crippen LogP contribution is -2.57. The van der Waals surface area contributed by atoms with Gasteiger partial charge < -0.3 is 14.5 Å². The summed E-state index contributed by atoms with van der Waals surface area (Å²) >= 11 is 0. The number of likely N-dealkylation sites (tertiary alicyclic amines) is 1. The zero-order valence-corrected chi connectivity index (χ0v) is 16.7. The highest BCUT2D eigenvalue weighted by atomic mass is 16.5. The zero-order chi connectivity index (χ0) is 20.1. The van der Waals surface area contributed by atoms with Crippen LogP contribution in [0.5, 0.6) is 0 Å². The van der Waals surface area contributed by atoms with Gasteiger partial charge in [-0.15, -0.1) is 0 Å². The second-order valence-electron chi connectivity index (χ2n) is 8.00. The Balaban J connectivity index is 1.37. The van der Waals surface area contributed by atoms with Crippen LogP contribution in [0.2, 0.25) is 0 Å². The van der Waals surface area contributed by atoms with Gasteiger partial charge in [0.1, 0.15) is 12.6 Å². The molecule has 0 aromatic heterocycles. The lowest BCUT2D eigenvalue weighted by molar-refractivity contribution is -0.160. The van der Waals surface area contributed by atoms with Crippen LogP contribution in [0.25, 0.3) is 0 Å². The molecule has 4 rings (SSSR count). The summed E-state index contributed by atoms with van der Waals surface area (Å²) in [4.78, 5) is 29.3. The number of carbonyl (C=O) groups excluding carboxylic acids is 2. The van der Waals surface area contributed by atoms with Gasteiger partial charge >= 0.3 is 0 Å². The first-order valence-electron chi connectivity index (χ1n) is 10.4. The number of rotatable bonds is 5. The van der Waals surface area contributed by atoms with Crippen LogP contribution in [-0.2, 0) is 27.3 Å². The Morgan fingerprint density at radius 2 is 1.55 bits per heavy atom. The van der Waals surface area contributed by atoms with Gasteiger partial charge in [0.2, 0.25) is 11.8 Å². The van der Waals surface area contributed by atoms with Crippen molar-refractivity contribution in [3.8, 4) is 0 Å². The highest BCUT2D eigenvalue weighted by molar-refractivity contribution is 5.89. The highest BCUT2D eigenvalue weighted by Gasteiger charge is 2.37. The van der Waals surface area contributed by atoms with Crippen LogP contribution in [0.1, 0.15) is 24.0 Å². The van der Waals surface area contributed by atoms with Gasteiger partial charge in [0, 0.05) is 19.6 Å². The quantitative estimate of drug-likeness (QED) is 0.786. The van der Waals surface area contributed by atoms with Gasteiger partial charge in [-0.05, 0) is 36.3 Å². The first-order valence-corrected chi connectivity index (χ1v) is 10.4. The van der Waals surface area contributed by atoms with E-state index in [1.54, 1.807) is 4.90 Å². The van der Waals surface area contributed by atoms with Gasteiger partial charge in [-0.3, -0.25) is 9.59 Å². The molecular weight excluding hydrogens is 364 g/mol. The number of ether oxygens (including phenoxy) is 1. The Morgan fingerprint density at radius 3 is 2.21 bits per heavy atom. The Morgan fingerprint density at radius 1 is 0.931 bits per heavy atom. The van der Waals surface area contributed by atoms with Crippen LogP contribution in [0.3, 0.4) is 0 Å². The van der Waals surface area contributed by atoms with E-state index >= 15 is 0 Å². The predicted molar refractivity (Wildman–Crippen MR) is 111 cm³/mol. The fourth-order valence-electron chi connectivity index (χ4n) is 4.30. The summed E-state index contributed by atoms with van der Waals surface area (Å²) < 4.78 is 5.44. The Labute approximate surface area is 172 Å². The second kappa shape index (κ2) is 9.23. The van der Waals surface area contributed by atoms with Crippen molar-refractivity contribution in [1.82, 2.24) is 9.80 Å². The van der Waals surface area contributed by atoms with Gasteiger partial charge in [0.25, 0.3) is 0 Å². The van der Waals surface area contributed by atoms with Gasteiger partial charge in [-0.25, -0.2) is 0 Å². The number of carbonyl (C=O) groups is 2. The maximum absolute atomic E-state index is 13.2. The van der Waals surface area contributed by atoms with Crippen LogP contribution >= 0.6 is 0 Å². The largest absolute Gasteiger partial charge is 0.369 e. The van der Waals surface area contributed by atoms with Gasteiger partial charge in [-0.2, -0.15) is 0 Å². The molecule has 5 nitrogen and oxygen atoms in total. The Bertz CT molecular complexity index is 817. The van der Waals surface area contributed by atoms with E-state index in [2.05, 4.69) is 24.3 Å². The molecular formula is C24H28N2O3. The molecule has 2 saturated heterocycles.